The van der Waals surface area contributed by atoms with Crippen molar-refractivity contribution in [3.8, 4) is 11.5 Å². The second kappa shape index (κ2) is 9.07. The molecule has 1 aromatic heterocycles. The Kier molecular flexibility index (Phi) is 6.21. The first-order chi connectivity index (χ1) is 15.5. The topological polar surface area (TPSA) is 69.6 Å². The number of hydrogen-bond acceptors (Lipinski definition) is 4. The van der Waals surface area contributed by atoms with Crippen molar-refractivity contribution in [1.29, 1.82) is 0 Å². The molecule has 1 unspecified atom stereocenters. The monoisotopic (exact) mass is 434 g/mol. The lowest BCUT2D eigenvalue weighted by Crippen LogP contribution is -2.31. The molecule has 0 radical (unpaired) electrons. The molecule has 0 spiro atoms. The lowest BCUT2D eigenvalue weighted by molar-refractivity contribution is 0.0937. The summed E-state index contributed by atoms with van der Waals surface area (Å²) in [6.45, 7) is 4.10. The number of pyridine rings is 1. The van der Waals surface area contributed by atoms with Gasteiger partial charge >= 0.3 is 0 Å². The van der Waals surface area contributed by atoms with E-state index in [1.165, 1.54) is 12.7 Å². The summed E-state index contributed by atoms with van der Waals surface area (Å²) in [5, 5.41) is 4.23. The molecule has 1 heterocycles. The molecule has 0 aliphatic heterocycles. The van der Waals surface area contributed by atoms with Crippen LogP contribution in [0.5, 0.6) is 11.5 Å². The Hall–Kier alpha value is -3.28. The number of amides is 1. The van der Waals surface area contributed by atoms with Gasteiger partial charge in [-0.2, -0.15) is 0 Å². The largest absolute Gasteiger partial charge is 0.493 e. The van der Waals surface area contributed by atoms with Crippen LogP contribution in [0.1, 0.15) is 66.7 Å². The van der Waals surface area contributed by atoms with Crippen LogP contribution < -0.4 is 20.3 Å². The van der Waals surface area contributed by atoms with Crippen LogP contribution in [-0.4, -0.2) is 24.7 Å². The van der Waals surface area contributed by atoms with Crippen LogP contribution in [-0.2, 0) is 6.42 Å². The molecule has 6 nitrogen and oxygen atoms in total. The van der Waals surface area contributed by atoms with Gasteiger partial charge in [0.2, 0.25) is 0 Å². The number of benzene rings is 2. The van der Waals surface area contributed by atoms with Gasteiger partial charge in [0.25, 0.3) is 11.5 Å². The SMILES string of the molecule is CCC(CC)n1cc(C(=O)NC2CCc3ccccc32)c2cc(OC)c(OC)cc2c1=O. The summed E-state index contributed by atoms with van der Waals surface area (Å²) in [6, 6.07) is 11.6. The quantitative estimate of drug-likeness (QED) is 0.580. The molecule has 1 N–H and O–H groups in total. The van der Waals surface area contributed by atoms with Gasteiger partial charge in [-0.05, 0) is 48.9 Å². The Bertz CT molecular complexity index is 1210. The maximum atomic E-state index is 13.5. The number of fused-ring (bicyclic) bond motifs is 2. The Morgan fingerprint density at radius 3 is 2.41 bits per heavy atom. The third-order valence-corrected chi connectivity index (χ3v) is 6.57. The van der Waals surface area contributed by atoms with Gasteiger partial charge in [0.05, 0.1) is 31.2 Å². The standard InChI is InChI=1S/C26H30N2O4/c1-5-17(6-2)28-15-21(19-13-23(31-3)24(32-4)14-20(19)26(28)30)25(29)27-22-12-11-16-9-7-8-10-18(16)22/h7-10,13-15,17,22H,5-6,11-12H2,1-4H3,(H,27,29). The highest BCUT2D eigenvalue weighted by Crippen LogP contribution is 2.34. The van der Waals surface area contributed by atoms with Gasteiger partial charge in [0, 0.05) is 17.6 Å². The lowest BCUT2D eigenvalue weighted by atomic mass is 10.0. The van der Waals surface area contributed by atoms with Crippen molar-refractivity contribution in [2.45, 2.75) is 51.6 Å². The molecule has 1 atom stereocenters. The molecule has 3 aromatic rings. The van der Waals surface area contributed by atoms with Crippen LogP contribution in [0.4, 0.5) is 0 Å². The van der Waals surface area contributed by atoms with E-state index < -0.39 is 0 Å². The Balaban J connectivity index is 1.85. The van der Waals surface area contributed by atoms with E-state index in [0.29, 0.717) is 27.8 Å². The molecule has 0 saturated carbocycles. The minimum absolute atomic E-state index is 0.0127. The predicted octanol–water partition coefficient (Wildman–Crippen LogP) is 4.80. The molecular weight excluding hydrogens is 404 g/mol. The third-order valence-electron chi connectivity index (χ3n) is 6.57. The van der Waals surface area contributed by atoms with E-state index >= 15 is 0 Å². The van der Waals surface area contributed by atoms with Crippen molar-refractivity contribution in [3.05, 3.63) is 69.6 Å². The van der Waals surface area contributed by atoms with E-state index in [1.807, 2.05) is 12.1 Å². The zero-order chi connectivity index (χ0) is 22.8. The van der Waals surface area contributed by atoms with Crippen molar-refractivity contribution in [1.82, 2.24) is 9.88 Å². The van der Waals surface area contributed by atoms with Crippen LogP contribution >= 0.6 is 0 Å². The number of carbonyl (C=O) groups excluding carboxylic acids is 1. The summed E-state index contributed by atoms with van der Waals surface area (Å²) in [5.74, 6) is 0.763. The summed E-state index contributed by atoms with van der Waals surface area (Å²) >= 11 is 0. The molecule has 0 saturated heterocycles. The lowest BCUT2D eigenvalue weighted by Gasteiger charge is -2.21. The van der Waals surface area contributed by atoms with Crippen LogP contribution in [0.25, 0.3) is 10.8 Å². The van der Waals surface area contributed by atoms with E-state index in [4.69, 9.17) is 9.47 Å². The molecule has 6 heteroatoms. The second-order valence-electron chi connectivity index (χ2n) is 8.24. The Morgan fingerprint density at radius 2 is 1.75 bits per heavy atom. The van der Waals surface area contributed by atoms with E-state index in [2.05, 4.69) is 31.3 Å². The number of hydrogen-bond donors (Lipinski definition) is 1. The predicted molar refractivity (Wildman–Crippen MR) is 126 cm³/mol. The summed E-state index contributed by atoms with van der Waals surface area (Å²) in [4.78, 5) is 26.9. The molecular formula is C26H30N2O4. The number of nitrogens with zero attached hydrogens (tertiary/aromatic N) is 1. The highest BCUT2D eigenvalue weighted by atomic mass is 16.5. The molecule has 32 heavy (non-hydrogen) atoms. The molecule has 1 amide bonds. The van der Waals surface area contributed by atoms with Crippen LogP contribution in [0.2, 0.25) is 0 Å². The fraction of sp³-hybridized carbons (Fsp3) is 0.385. The second-order valence-corrected chi connectivity index (χ2v) is 8.24. The van der Waals surface area contributed by atoms with Crippen molar-refractivity contribution >= 4 is 16.7 Å². The molecule has 2 aromatic carbocycles. The highest BCUT2D eigenvalue weighted by molar-refractivity contribution is 6.07. The Labute approximate surface area is 188 Å². The van der Waals surface area contributed by atoms with Crippen LogP contribution in [0.3, 0.4) is 0 Å². The maximum Gasteiger partial charge on any atom is 0.258 e. The van der Waals surface area contributed by atoms with Gasteiger partial charge in [0.1, 0.15) is 0 Å². The maximum absolute atomic E-state index is 13.5. The summed E-state index contributed by atoms with van der Waals surface area (Å²) in [5.41, 5.74) is 2.78. The highest BCUT2D eigenvalue weighted by Gasteiger charge is 2.26. The average molecular weight is 435 g/mol. The number of ether oxygens (including phenoxy) is 2. The molecule has 0 bridgehead atoms. The number of methoxy groups -OCH3 is 2. The number of carbonyl (C=O) groups is 1. The zero-order valence-electron chi connectivity index (χ0n) is 19.1. The van der Waals surface area contributed by atoms with Crippen molar-refractivity contribution in [3.63, 3.8) is 0 Å². The van der Waals surface area contributed by atoms with E-state index in [0.717, 1.165) is 31.2 Å². The summed E-state index contributed by atoms with van der Waals surface area (Å²) in [6.07, 6.45) is 5.12. The molecule has 0 fully saturated rings. The van der Waals surface area contributed by atoms with Gasteiger partial charge < -0.3 is 19.4 Å². The zero-order valence-corrected chi connectivity index (χ0v) is 19.1. The van der Waals surface area contributed by atoms with Crippen LogP contribution in [0, 0.1) is 0 Å². The number of rotatable bonds is 7. The minimum atomic E-state index is -0.191. The molecule has 168 valence electrons. The number of nitrogens with one attached hydrogen (secondary N) is 1. The van der Waals surface area contributed by atoms with Gasteiger partial charge in [0.15, 0.2) is 11.5 Å². The molecule has 4 rings (SSSR count). The number of aryl methyl sites for hydroxylation is 1. The smallest absolute Gasteiger partial charge is 0.258 e. The fourth-order valence-electron chi connectivity index (χ4n) is 4.76. The fourth-order valence-corrected chi connectivity index (χ4v) is 4.76. The van der Waals surface area contributed by atoms with E-state index in [9.17, 15) is 9.59 Å². The van der Waals surface area contributed by atoms with E-state index in [1.54, 1.807) is 30.0 Å². The summed E-state index contributed by atoms with van der Waals surface area (Å²) < 4.78 is 12.6. The van der Waals surface area contributed by atoms with Gasteiger partial charge in [-0.3, -0.25) is 9.59 Å². The van der Waals surface area contributed by atoms with Gasteiger partial charge in [-0.1, -0.05) is 38.1 Å². The van der Waals surface area contributed by atoms with E-state index in [-0.39, 0.29) is 23.6 Å². The van der Waals surface area contributed by atoms with Crippen molar-refractivity contribution < 1.29 is 14.3 Å². The van der Waals surface area contributed by atoms with Crippen LogP contribution in [0.15, 0.2) is 47.4 Å². The molecule has 1 aliphatic rings. The van der Waals surface area contributed by atoms with Gasteiger partial charge in [-0.25, -0.2) is 0 Å². The van der Waals surface area contributed by atoms with Crippen molar-refractivity contribution in [2.75, 3.05) is 14.2 Å². The first-order valence-corrected chi connectivity index (χ1v) is 11.2. The van der Waals surface area contributed by atoms with Gasteiger partial charge in [-0.15, -0.1) is 0 Å². The number of aromatic nitrogens is 1. The minimum Gasteiger partial charge on any atom is -0.493 e. The first kappa shape index (κ1) is 21.9. The third kappa shape index (κ3) is 3.74. The summed E-state index contributed by atoms with van der Waals surface area (Å²) in [7, 11) is 3.08. The average Bonchev–Trinajstić information content (AvgIpc) is 3.23. The normalized spacial score (nSPS) is 15.1. The molecule has 1 aliphatic carbocycles. The first-order valence-electron chi connectivity index (χ1n) is 11.2. The van der Waals surface area contributed by atoms with Crippen molar-refractivity contribution in [2.24, 2.45) is 0 Å². The Morgan fingerprint density at radius 1 is 1.09 bits per heavy atom.